The fraction of sp³-hybridized carbons (Fsp3) is 0.278. The van der Waals surface area contributed by atoms with Gasteiger partial charge in [0.2, 0.25) is 0 Å². The molecule has 0 saturated carbocycles. The maximum atomic E-state index is 12.3. The van der Waals surface area contributed by atoms with Gasteiger partial charge in [0.1, 0.15) is 5.69 Å². The summed E-state index contributed by atoms with van der Waals surface area (Å²) in [5.74, 6) is -1.38. The quantitative estimate of drug-likeness (QED) is 0.571. The normalized spacial score (nSPS) is 13.0. The van der Waals surface area contributed by atoms with Gasteiger partial charge in [-0.25, -0.2) is 4.79 Å². The molecule has 6 nitrogen and oxygen atoms in total. The van der Waals surface area contributed by atoms with E-state index in [9.17, 15) is 14.4 Å². The smallest absolute Gasteiger partial charge is 0.355 e. The zero-order chi connectivity index (χ0) is 19.4. The molecule has 0 aliphatic heterocycles. The number of hydrogen-bond acceptors (Lipinski definition) is 4. The van der Waals surface area contributed by atoms with E-state index in [0.29, 0.717) is 21.2 Å². The number of aromatic nitrogens is 1. The minimum Gasteiger partial charge on any atom is -0.448 e. The molecule has 0 fully saturated rings. The Labute approximate surface area is 160 Å². The Hall–Kier alpha value is -2.31. The highest BCUT2D eigenvalue weighted by molar-refractivity contribution is 6.35. The summed E-state index contributed by atoms with van der Waals surface area (Å²) in [4.78, 5) is 38.2. The van der Waals surface area contributed by atoms with Gasteiger partial charge in [-0.05, 0) is 44.5 Å². The second-order valence-electron chi connectivity index (χ2n) is 5.80. The van der Waals surface area contributed by atoms with Crippen LogP contribution in [-0.2, 0) is 9.53 Å². The van der Waals surface area contributed by atoms with Crippen molar-refractivity contribution in [2.45, 2.75) is 32.9 Å². The first kappa shape index (κ1) is 20.0. The monoisotopic (exact) mass is 396 g/mol. The lowest BCUT2D eigenvalue weighted by Gasteiger charge is -2.19. The second-order valence-corrected chi connectivity index (χ2v) is 6.65. The Morgan fingerprint density at radius 1 is 1.15 bits per heavy atom. The SMILES string of the molecule is CC(=O)c1c[nH]c(C(=O)O[C@H](C)C(=O)N[C@@H](C)c2ccc(Cl)cc2Cl)c1. The fourth-order valence-corrected chi connectivity index (χ4v) is 2.83. The predicted molar refractivity (Wildman–Crippen MR) is 98.7 cm³/mol. The van der Waals surface area contributed by atoms with Gasteiger partial charge in [-0.1, -0.05) is 29.3 Å². The molecule has 0 spiro atoms. The number of benzene rings is 1. The van der Waals surface area contributed by atoms with Crippen molar-refractivity contribution in [2.24, 2.45) is 0 Å². The van der Waals surface area contributed by atoms with E-state index in [2.05, 4.69) is 10.3 Å². The third kappa shape index (κ3) is 4.86. The van der Waals surface area contributed by atoms with Crippen molar-refractivity contribution in [1.29, 1.82) is 0 Å². The summed E-state index contributed by atoms with van der Waals surface area (Å²) in [5.41, 5.74) is 1.15. The largest absolute Gasteiger partial charge is 0.448 e. The van der Waals surface area contributed by atoms with Crippen molar-refractivity contribution in [3.05, 3.63) is 57.3 Å². The van der Waals surface area contributed by atoms with Gasteiger partial charge in [0, 0.05) is 21.8 Å². The van der Waals surface area contributed by atoms with E-state index in [-0.39, 0.29) is 11.5 Å². The summed E-state index contributed by atoms with van der Waals surface area (Å²) in [6.45, 7) is 4.60. The number of rotatable bonds is 6. The Kier molecular flexibility index (Phi) is 6.45. The van der Waals surface area contributed by atoms with Crippen molar-refractivity contribution in [1.82, 2.24) is 10.3 Å². The Balaban J connectivity index is 1.97. The number of ether oxygens (including phenoxy) is 1. The molecular formula is C18H18Cl2N2O4. The average molecular weight is 397 g/mol. The molecule has 0 unspecified atom stereocenters. The summed E-state index contributed by atoms with van der Waals surface area (Å²) < 4.78 is 5.13. The molecule has 26 heavy (non-hydrogen) atoms. The first-order valence-corrected chi connectivity index (χ1v) is 8.60. The van der Waals surface area contributed by atoms with Crippen molar-refractivity contribution in [3.63, 3.8) is 0 Å². The molecule has 0 aliphatic carbocycles. The zero-order valence-corrected chi connectivity index (χ0v) is 15.9. The molecule has 2 rings (SSSR count). The molecule has 2 aromatic rings. The summed E-state index contributed by atoms with van der Waals surface area (Å²) in [7, 11) is 0. The van der Waals surface area contributed by atoms with E-state index in [4.69, 9.17) is 27.9 Å². The molecule has 2 atom stereocenters. The number of carbonyl (C=O) groups excluding carboxylic acids is 3. The van der Waals surface area contributed by atoms with Gasteiger partial charge in [0.05, 0.1) is 6.04 Å². The lowest BCUT2D eigenvalue weighted by atomic mass is 10.1. The molecule has 1 amide bonds. The Morgan fingerprint density at radius 3 is 2.42 bits per heavy atom. The van der Waals surface area contributed by atoms with Crippen LogP contribution in [0.15, 0.2) is 30.5 Å². The molecule has 2 N–H and O–H groups in total. The molecule has 1 aromatic carbocycles. The molecule has 8 heteroatoms. The van der Waals surface area contributed by atoms with Gasteiger partial charge in [0.25, 0.3) is 5.91 Å². The number of H-pyrrole nitrogens is 1. The number of carbonyl (C=O) groups is 3. The number of aromatic amines is 1. The van der Waals surface area contributed by atoms with Crippen LogP contribution in [0.2, 0.25) is 10.0 Å². The number of hydrogen-bond donors (Lipinski definition) is 2. The van der Waals surface area contributed by atoms with Gasteiger partial charge in [0.15, 0.2) is 11.9 Å². The van der Waals surface area contributed by atoms with Crippen LogP contribution in [0.5, 0.6) is 0 Å². The van der Waals surface area contributed by atoms with E-state index in [0.717, 1.165) is 0 Å². The van der Waals surface area contributed by atoms with Crippen molar-refractivity contribution >= 4 is 40.9 Å². The molecule has 138 valence electrons. The number of Topliss-reactive ketones (excluding diaryl/α,β-unsaturated/α-hetero) is 1. The Morgan fingerprint density at radius 2 is 1.85 bits per heavy atom. The summed E-state index contributed by atoms with van der Waals surface area (Å²) in [6, 6.07) is 5.96. The number of nitrogens with one attached hydrogen (secondary N) is 2. The van der Waals surface area contributed by atoms with Crippen molar-refractivity contribution < 1.29 is 19.1 Å². The summed E-state index contributed by atoms with van der Waals surface area (Å²) in [5, 5.41) is 3.65. The van der Waals surface area contributed by atoms with Crippen LogP contribution in [0.4, 0.5) is 0 Å². The molecule has 1 aromatic heterocycles. The minimum absolute atomic E-state index is 0.101. The maximum absolute atomic E-state index is 12.3. The standard InChI is InChI=1S/C18H18Cl2N2O4/c1-9(14-5-4-13(19)7-15(14)20)22-17(24)11(3)26-18(25)16-6-12(8-21-16)10(2)23/h4-9,11,21H,1-3H3,(H,22,24)/t9-,11+/m0/s1. The highest BCUT2D eigenvalue weighted by Gasteiger charge is 2.22. The van der Waals surface area contributed by atoms with Crippen LogP contribution < -0.4 is 5.32 Å². The highest BCUT2D eigenvalue weighted by Crippen LogP contribution is 2.26. The van der Waals surface area contributed by atoms with E-state index < -0.39 is 24.0 Å². The first-order chi connectivity index (χ1) is 12.2. The zero-order valence-electron chi connectivity index (χ0n) is 14.4. The van der Waals surface area contributed by atoms with E-state index in [1.165, 1.54) is 26.1 Å². The number of ketones is 1. The lowest BCUT2D eigenvalue weighted by Crippen LogP contribution is -2.37. The van der Waals surface area contributed by atoms with Crippen LogP contribution in [0, 0.1) is 0 Å². The lowest BCUT2D eigenvalue weighted by molar-refractivity contribution is -0.129. The summed E-state index contributed by atoms with van der Waals surface area (Å²) in [6.07, 6.45) is 0.383. The average Bonchev–Trinajstić information content (AvgIpc) is 3.04. The van der Waals surface area contributed by atoms with Gasteiger partial charge < -0.3 is 15.0 Å². The van der Waals surface area contributed by atoms with Crippen LogP contribution in [-0.4, -0.2) is 28.7 Å². The van der Waals surface area contributed by atoms with Gasteiger partial charge in [-0.2, -0.15) is 0 Å². The predicted octanol–water partition coefficient (Wildman–Crippen LogP) is 3.95. The van der Waals surface area contributed by atoms with E-state index in [1.54, 1.807) is 25.1 Å². The summed E-state index contributed by atoms with van der Waals surface area (Å²) >= 11 is 12.0. The van der Waals surface area contributed by atoms with Gasteiger partial charge in [-0.3, -0.25) is 9.59 Å². The van der Waals surface area contributed by atoms with Crippen molar-refractivity contribution in [3.8, 4) is 0 Å². The Bertz CT molecular complexity index is 847. The number of amides is 1. The third-order valence-corrected chi connectivity index (χ3v) is 4.31. The fourth-order valence-electron chi connectivity index (χ4n) is 2.25. The molecule has 0 saturated heterocycles. The molecule has 0 aliphatic rings. The van der Waals surface area contributed by atoms with Gasteiger partial charge in [-0.15, -0.1) is 0 Å². The van der Waals surface area contributed by atoms with E-state index >= 15 is 0 Å². The van der Waals surface area contributed by atoms with E-state index in [1.807, 2.05) is 0 Å². The van der Waals surface area contributed by atoms with Crippen LogP contribution >= 0.6 is 23.2 Å². The first-order valence-electron chi connectivity index (χ1n) is 7.84. The van der Waals surface area contributed by atoms with Crippen molar-refractivity contribution in [2.75, 3.05) is 0 Å². The topological polar surface area (TPSA) is 88.3 Å². The second kappa shape index (κ2) is 8.38. The number of esters is 1. The molecular weight excluding hydrogens is 379 g/mol. The third-order valence-electron chi connectivity index (χ3n) is 3.75. The highest BCUT2D eigenvalue weighted by atomic mass is 35.5. The molecule has 1 heterocycles. The molecule has 0 radical (unpaired) electrons. The van der Waals surface area contributed by atoms with Crippen LogP contribution in [0.3, 0.4) is 0 Å². The number of halogens is 2. The maximum Gasteiger partial charge on any atom is 0.355 e. The van der Waals surface area contributed by atoms with Gasteiger partial charge >= 0.3 is 5.97 Å². The van der Waals surface area contributed by atoms with Crippen LogP contribution in [0.1, 0.15) is 53.2 Å². The minimum atomic E-state index is -1.03. The molecule has 0 bridgehead atoms. The van der Waals surface area contributed by atoms with Crippen LogP contribution in [0.25, 0.3) is 0 Å².